The third-order valence-electron chi connectivity index (χ3n) is 6.13. The smallest absolute Gasteiger partial charge is 0.0594 e. The quantitative estimate of drug-likeness (QED) is 0.270. The lowest BCUT2D eigenvalue weighted by Crippen LogP contribution is -2.21. The predicted octanol–water partition coefficient (Wildman–Crippen LogP) is 8.00. The van der Waals surface area contributed by atoms with Crippen LogP contribution in [0.15, 0.2) is 85.5 Å². The van der Waals surface area contributed by atoms with Gasteiger partial charge in [-0.25, -0.2) is 0 Å². The average Bonchev–Trinajstić information content (AvgIpc) is 3.25. The number of hydrogen-bond donors (Lipinski definition) is 0. The Balaban J connectivity index is 2.05. The van der Waals surface area contributed by atoms with Crippen LogP contribution in [-0.4, -0.2) is 9.13 Å². The maximum absolute atomic E-state index is 3.89. The first-order valence-corrected chi connectivity index (χ1v) is 10.9. The highest BCUT2D eigenvalue weighted by Gasteiger charge is 2.25. The van der Waals surface area contributed by atoms with Gasteiger partial charge in [-0.1, -0.05) is 61.2 Å². The Morgan fingerprint density at radius 3 is 2.23 bits per heavy atom. The van der Waals surface area contributed by atoms with Gasteiger partial charge in [-0.05, 0) is 63.6 Å². The molecule has 5 aromatic rings. The van der Waals surface area contributed by atoms with E-state index in [9.17, 15) is 0 Å². The van der Waals surface area contributed by atoms with E-state index in [4.69, 9.17) is 0 Å². The van der Waals surface area contributed by atoms with Gasteiger partial charge in [0.1, 0.15) is 0 Å². The van der Waals surface area contributed by atoms with E-state index in [1.54, 1.807) is 0 Å². The maximum atomic E-state index is 3.89. The summed E-state index contributed by atoms with van der Waals surface area (Å²) in [4.78, 5) is 0. The van der Waals surface area contributed by atoms with E-state index in [-0.39, 0.29) is 5.54 Å². The Kier molecular flexibility index (Phi) is 4.40. The fraction of sp³-hybridized carbons (Fsp3) is 0.172. The minimum atomic E-state index is -0.0476. The fourth-order valence-electron chi connectivity index (χ4n) is 4.94. The molecule has 0 radical (unpaired) electrons. The van der Waals surface area contributed by atoms with Crippen molar-refractivity contribution in [2.45, 2.75) is 33.2 Å². The molecule has 0 saturated heterocycles. The van der Waals surface area contributed by atoms with Crippen molar-refractivity contribution < 1.29 is 0 Å². The zero-order chi connectivity index (χ0) is 21.8. The number of aryl methyl sites for hydroxylation is 1. The molecule has 2 heteroatoms. The van der Waals surface area contributed by atoms with Gasteiger partial charge in [-0.2, -0.15) is 0 Å². The number of hydrogen-bond acceptors (Lipinski definition) is 0. The van der Waals surface area contributed by atoms with Crippen LogP contribution in [0.5, 0.6) is 0 Å². The van der Waals surface area contributed by atoms with Gasteiger partial charge >= 0.3 is 0 Å². The molecule has 0 aliphatic heterocycles. The Morgan fingerprint density at radius 2 is 1.52 bits per heavy atom. The topological polar surface area (TPSA) is 9.86 Å². The van der Waals surface area contributed by atoms with Crippen LogP contribution in [0.1, 0.15) is 32.0 Å². The summed E-state index contributed by atoms with van der Waals surface area (Å²) in [5, 5.41) is 3.94. The van der Waals surface area contributed by atoms with Crippen molar-refractivity contribution in [1.29, 1.82) is 0 Å². The minimum Gasteiger partial charge on any atom is -0.335 e. The fourth-order valence-corrected chi connectivity index (χ4v) is 4.94. The monoisotopic (exact) mass is 404 g/mol. The molecular formula is C29H28N2. The van der Waals surface area contributed by atoms with E-state index in [1.807, 2.05) is 12.2 Å². The Hall–Kier alpha value is -3.52. The summed E-state index contributed by atoms with van der Waals surface area (Å²) in [6.07, 6.45) is 6.04. The number of fused-ring (bicyclic) bond motifs is 5. The van der Waals surface area contributed by atoms with Crippen LogP contribution in [0.2, 0.25) is 0 Å². The van der Waals surface area contributed by atoms with E-state index in [1.165, 1.54) is 49.7 Å². The molecule has 0 unspecified atom stereocenters. The van der Waals surface area contributed by atoms with Gasteiger partial charge in [-0.3, -0.25) is 0 Å². The lowest BCUT2D eigenvalue weighted by Gasteiger charge is -2.24. The second kappa shape index (κ2) is 7.02. The molecule has 0 amide bonds. The molecule has 0 atom stereocenters. The third-order valence-corrected chi connectivity index (χ3v) is 6.13. The highest BCUT2D eigenvalue weighted by molar-refractivity contribution is 6.19. The van der Waals surface area contributed by atoms with Crippen LogP contribution in [-0.2, 0) is 5.54 Å². The Labute approximate surface area is 183 Å². The lowest BCUT2D eigenvalue weighted by molar-refractivity contribution is 0.424. The molecule has 0 aliphatic rings. The molecule has 154 valence electrons. The zero-order valence-electron chi connectivity index (χ0n) is 18.7. The number of nitrogens with zero attached hydrogens (tertiary/aromatic N) is 2. The van der Waals surface area contributed by atoms with Gasteiger partial charge in [0.2, 0.25) is 0 Å². The Morgan fingerprint density at radius 1 is 0.806 bits per heavy atom. The van der Waals surface area contributed by atoms with Crippen molar-refractivity contribution >= 4 is 38.8 Å². The van der Waals surface area contributed by atoms with Gasteiger partial charge in [0.05, 0.1) is 11.0 Å². The number of allylic oxidation sites excluding steroid dienone is 2. The molecule has 0 saturated carbocycles. The summed E-state index contributed by atoms with van der Waals surface area (Å²) in [5.74, 6) is 0. The van der Waals surface area contributed by atoms with E-state index in [0.29, 0.717) is 0 Å². The van der Waals surface area contributed by atoms with Crippen LogP contribution in [0.3, 0.4) is 0 Å². The highest BCUT2D eigenvalue weighted by Crippen LogP contribution is 2.41. The Bertz CT molecular complexity index is 1470. The van der Waals surface area contributed by atoms with Crippen LogP contribution in [0.4, 0.5) is 0 Å². The largest absolute Gasteiger partial charge is 0.335 e. The van der Waals surface area contributed by atoms with Gasteiger partial charge in [-0.15, -0.1) is 0 Å². The van der Waals surface area contributed by atoms with Crippen molar-refractivity contribution in [3.8, 4) is 5.69 Å². The first kappa shape index (κ1) is 19.4. The van der Waals surface area contributed by atoms with Crippen LogP contribution in [0, 0.1) is 6.92 Å². The highest BCUT2D eigenvalue weighted by atomic mass is 15.1. The van der Waals surface area contributed by atoms with Crippen molar-refractivity contribution in [2.75, 3.05) is 0 Å². The first-order valence-electron chi connectivity index (χ1n) is 10.9. The van der Waals surface area contributed by atoms with Gasteiger partial charge in [0.15, 0.2) is 0 Å². The minimum absolute atomic E-state index is 0.0476. The summed E-state index contributed by atoms with van der Waals surface area (Å²) >= 11 is 0. The molecule has 31 heavy (non-hydrogen) atoms. The summed E-state index contributed by atoms with van der Waals surface area (Å²) < 4.78 is 4.89. The normalized spacial score (nSPS) is 12.5. The van der Waals surface area contributed by atoms with Gasteiger partial charge < -0.3 is 9.13 Å². The molecule has 0 bridgehead atoms. The average molecular weight is 405 g/mol. The summed E-state index contributed by atoms with van der Waals surface area (Å²) in [6.45, 7) is 13.0. The van der Waals surface area contributed by atoms with Crippen molar-refractivity contribution in [3.05, 3.63) is 96.7 Å². The second-order valence-electron chi connectivity index (χ2n) is 9.16. The van der Waals surface area contributed by atoms with Crippen LogP contribution in [0.25, 0.3) is 44.5 Å². The first-order chi connectivity index (χ1) is 14.9. The van der Waals surface area contributed by atoms with Crippen LogP contribution < -0.4 is 0 Å². The maximum Gasteiger partial charge on any atom is 0.0594 e. The number of benzene rings is 3. The van der Waals surface area contributed by atoms with Crippen molar-refractivity contribution in [3.63, 3.8) is 0 Å². The van der Waals surface area contributed by atoms with Gasteiger partial charge in [0, 0.05) is 38.6 Å². The molecule has 2 aromatic heterocycles. The SMILES string of the molecule is C=C/C=C\c1c(C)c2c(ccc3c4ccccc4n(C(C)(C)C)c32)n1-c1ccccc1. The van der Waals surface area contributed by atoms with Gasteiger partial charge in [0.25, 0.3) is 0 Å². The van der Waals surface area contributed by atoms with E-state index in [2.05, 4.69) is 116 Å². The van der Waals surface area contributed by atoms with Crippen molar-refractivity contribution in [2.24, 2.45) is 0 Å². The molecule has 0 spiro atoms. The standard InChI is InChI=1S/C29H28N2/c1-6-7-16-24-20(2)27-26(30(24)21-13-9-8-10-14-21)19-18-23-22-15-11-12-17-25(22)31(28(23)27)29(3,4)5/h6-19H,1H2,2-5H3/b16-7-. The van der Waals surface area contributed by atoms with E-state index >= 15 is 0 Å². The van der Waals surface area contributed by atoms with E-state index in [0.717, 1.165) is 0 Å². The number of aromatic nitrogens is 2. The molecule has 0 aliphatic carbocycles. The van der Waals surface area contributed by atoms with E-state index < -0.39 is 0 Å². The summed E-state index contributed by atoms with van der Waals surface area (Å²) in [6, 6.07) is 24.0. The van der Waals surface area contributed by atoms with Crippen molar-refractivity contribution in [1.82, 2.24) is 9.13 Å². The third kappa shape index (κ3) is 2.86. The predicted molar refractivity (Wildman–Crippen MR) is 135 cm³/mol. The molecule has 3 aromatic carbocycles. The molecule has 0 fully saturated rings. The molecule has 0 N–H and O–H groups in total. The molecule has 5 rings (SSSR count). The van der Waals surface area contributed by atoms with Crippen LogP contribution >= 0.6 is 0 Å². The lowest BCUT2D eigenvalue weighted by atomic mass is 10.1. The molecular weight excluding hydrogens is 376 g/mol. The summed E-state index contributed by atoms with van der Waals surface area (Å²) in [7, 11) is 0. The number of para-hydroxylation sites is 2. The molecule has 2 heterocycles. The number of rotatable bonds is 3. The summed E-state index contributed by atoms with van der Waals surface area (Å²) in [5.41, 5.74) is 7.43. The zero-order valence-corrected chi connectivity index (χ0v) is 18.7. The second-order valence-corrected chi connectivity index (χ2v) is 9.16. The molecule has 2 nitrogen and oxygen atoms in total.